The molecule has 1 aromatic carbocycles. The summed E-state index contributed by atoms with van der Waals surface area (Å²) in [5.41, 5.74) is 6.26. The number of hydrogen-bond acceptors (Lipinski definition) is 4. The van der Waals surface area contributed by atoms with Crippen LogP contribution in [0.2, 0.25) is 0 Å². The third-order valence-corrected chi connectivity index (χ3v) is 5.85. The van der Waals surface area contributed by atoms with E-state index in [0.717, 1.165) is 19.3 Å². The summed E-state index contributed by atoms with van der Waals surface area (Å²) in [4.78, 5) is 0. The summed E-state index contributed by atoms with van der Waals surface area (Å²) in [5, 5.41) is 0. The molecule has 1 heterocycles. The molecule has 1 aromatic rings. The fraction of sp³-hybridized carbons (Fsp3) is 0.600. The average molecular weight is 312 g/mol. The Morgan fingerprint density at radius 1 is 1.33 bits per heavy atom. The van der Waals surface area contributed by atoms with Crippen molar-refractivity contribution in [2.75, 3.05) is 31.2 Å². The van der Waals surface area contributed by atoms with Crippen molar-refractivity contribution < 1.29 is 13.2 Å². The maximum absolute atomic E-state index is 12.3. The lowest BCUT2D eigenvalue weighted by atomic mass is 9.96. The van der Waals surface area contributed by atoms with Crippen LogP contribution in [-0.2, 0) is 10.0 Å². The molecule has 5 nitrogen and oxygen atoms in total. The van der Waals surface area contributed by atoms with E-state index in [1.165, 1.54) is 0 Å². The Hall–Kier alpha value is -1.27. The average Bonchev–Trinajstić information content (AvgIpc) is 2.47. The van der Waals surface area contributed by atoms with Crippen LogP contribution in [-0.4, -0.2) is 38.2 Å². The molecule has 0 aromatic heterocycles. The van der Waals surface area contributed by atoms with E-state index in [4.69, 9.17) is 10.5 Å². The number of nitrogen functional groups attached to an aromatic ring is 1. The van der Waals surface area contributed by atoms with Crippen molar-refractivity contribution in [2.24, 2.45) is 5.92 Å². The van der Waals surface area contributed by atoms with Gasteiger partial charge in [0.05, 0.1) is 5.75 Å². The molecule has 21 heavy (non-hydrogen) atoms. The van der Waals surface area contributed by atoms with Gasteiger partial charge in [-0.15, -0.1) is 0 Å². The van der Waals surface area contributed by atoms with E-state index >= 15 is 0 Å². The summed E-state index contributed by atoms with van der Waals surface area (Å²) >= 11 is 0. The molecule has 2 N–H and O–H groups in total. The van der Waals surface area contributed by atoms with Crippen molar-refractivity contribution >= 4 is 15.7 Å². The van der Waals surface area contributed by atoms with Gasteiger partial charge in [-0.25, -0.2) is 12.7 Å². The number of piperidine rings is 1. The zero-order valence-electron chi connectivity index (χ0n) is 12.5. The number of nitrogens with two attached hydrogens (primary N) is 1. The van der Waals surface area contributed by atoms with Gasteiger partial charge in [-0.3, -0.25) is 0 Å². The number of nitrogens with zero attached hydrogens (tertiary/aromatic N) is 1. The maximum Gasteiger partial charge on any atom is 0.217 e. The molecular weight excluding hydrogens is 288 g/mol. The molecule has 0 amide bonds. The SMILES string of the molecule is CCC1CCN(S(=O)(=O)CCOc2cccc(N)c2)CC1. The second kappa shape index (κ2) is 7.13. The molecule has 0 saturated carbocycles. The minimum atomic E-state index is -3.22. The van der Waals surface area contributed by atoms with Gasteiger partial charge in [0.2, 0.25) is 10.0 Å². The molecule has 1 fully saturated rings. The molecule has 0 radical (unpaired) electrons. The molecule has 1 aliphatic rings. The van der Waals surface area contributed by atoms with Gasteiger partial charge < -0.3 is 10.5 Å². The minimum Gasteiger partial charge on any atom is -0.492 e. The van der Waals surface area contributed by atoms with Crippen molar-refractivity contribution in [3.05, 3.63) is 24.3 Å². The van der Waals surface area contributed by atoms with Crippen molar-refractivity contribution in [2.45, 2.75) is 26.2 Å². The number of anilines is 1. The van der Waals surface area contributed by atoms with Crippen LogP contribution in [0.5, 0.6) is 5.75 Å². The summed E-state index contributed by atoms with van der Waals surface area (Å²) in [5.74, 6) is 1.29. The maximum atomic E-state index is 12.3. The lowest BCUT2D eigenvalue weighted by Gasteiger charge is -2.30. The first-order valence-electron chi connectivity index (χ1n) is 7.47. The number of rotatable bonds is 6. The van der Waals surface area contributed by atoms with Crippen LogP contribution in [0, 0.1) is 5.92 Å². The van der Waals surface area contributed by atoms with E-state index in [0.29, 0.717) is 30.4 Å². The molecule has 1 aliphatic heterocycles. The van der Waals surface area contributed by atoms with E-state index in [2.05, 4.69) is 6.92 Å². The molecule has 0 spiro atoms. The molecule has 0 bridgehead atoms. The van der Waals surface area contributed by atoms with E-state index in [1.54, 1.807) is 28.6 Å². The topological polar surface area (TPSA) is 72.6 Å². The predicted octanol–water partition coefficient (Wildman–Crippen LogP) is 2.10. The van der Waals surface area contributed by atoms with Gasteiger partial charge in [0.25, 0.3) is 0 Å². The van der Waals surface area contributed by atoms with Gasteiger partial charge in [0.15, 0.2) is 0 Å². The smallest absolute Gasteiger partial charge is 0.217 e. The second-order valence-electron chi connectivity index (χ2n) is 5.49. The Morgan fingerprint density at radius 2 is 2.05 bits per heavy atom. The zero-order valence-corrected chi connectivity index (χ0v) is 13.3. The van der Waals surface area contributed by atoms with Crippen LogP contribution in [0.3, 0.4) is 0 Å². The van der Waals surface area contributed by atoms with Crippen LogP contribution in [0.15, 0.2) is 24.3 Å². The number of hydrogen-bond donors (Lipinski definition) is 1. The molecule has 6 heteroatoms. The normalized spacial score (nSPS) is 17.8. The Morgan fingerprint density at radius 3 is 2.67 bits per heavy atom. The first-order valence-corrected chi connectivity index (χ1v) is 9.08. The molecule has 2 rings (SSSR count). The van der Waals surface area contributed by atoms with Crippen molar-refractivity contribution in [3.63, 3.8) is 0 Å². The third kappa shape index (κ3) is 4.61. The second-order valence-corrected chi connectivity index (χ2v) is 7.58. The highest BCUT2D eigenvalue weighted by Gasteiger charge is 2.27. The van der Waals surface area contributed by atoms with Crippen LogP contribution < -0.4 is 10.5 Å². The van der Waals surface area contributed by atoms with E-state index in [1.807, 2.05) is 0 Å². The largest absolute Gasteiger partial charge is 0.492 e. The van der Waals surface area contributed by atoms with Crippen LogP contribution in [0.4, 0.5) is 5.69 Å². The van der Waals surface area contributed by atoms with E-state index in [-0.39, 0.29) is 12.4 Å². The summed E-state index contributed by atoms with van der Waals surface area (Å²) in [7, 11) is -3.22. The van der Waals surface area contributed by atoms with Crippen LogP contribution in [0.1, 0.15) is 26.2 Å². The minimum absolute atomic E-state index is 0.0125. The van der Waals surface area contributed by atoms with Crippen molar-refractivity contribution in [1.29, 1.82) is 0 Å². The number of ether oxygens (including phenoxy) is 1. The van der Waals surface area contributed by atoms with Gasteiger partial charge in [-0.1, -0.05) is 19.4 Å². The first-order chi connectivity index (χ1) is 10.0. The van der Waals surface area contributed by atoms with Crippen LogP contribution >= 0.6 is 0 Å². The Bertz CT molecular complexity index is 552. The fourth-order valence-electron chi connectivity index (χ4n) is 2.59. The van der Waals surface area contributed by atoms with Crippen molar-refractivity contribution in [1.82, 2.24) is 4.31 Å². The molecule has 1 saturated heterocycles. The monoisotopic (exact) mass is 312 g/mol. The van der Waals surface area contributed by atoms with Crippen molar-refractivity contribution in [3.8, 4) is 5.75 Å². The Balaban J connectivity index is 1.82. The molecule has 0 unspecified atom stereocenters. The van der Waals surface area contributed by atoms with Gasteiger partial charge in [-0.2, -0.15) is 0 Å². The summed E-state index contributed by atoms with van der Waals surface area (Å²) in [6.07, 6.45) is 3.06. The van der Waals surface area contributed by atoms with Crippen LogP contribution in [0.25, 0.3) is 0 Å². The quantitative estimate of drug-likeness (QED) is 0.817. The van der Waals surface area contributed by atoms with E-state index in [9.17, 15) is 8.42 Å². The summed E-state index contributed by atoms with van der Waals surface area (Å²) in [6, 6.07) is 7.02. The number of benzene rings is 1. The highest BCUT2D eigenvalue weighted by molar-refractivity contribution is 7.89. The Labute approximate surface area is 127 Å². The third-order valence-electron chi connectivity index (χ3n) is 4.01. The first kappa shape index (κ1) is 16.1. The summed E-state index contributed by atoms with van der Waals surface area (Å²) < 4.78 is 31.6. The molecule has 118 valence electrons. The standard InChI is InChI=1S/C15H24N2O3S/c1-2-13-6-8-17(9-7-13)21(18,19)11-10-20-15-5-3-4-14(16)12-15/h3-5,12-13H,2,6-11,16H2,1H3. The lowest BCUT2D eigenvalue weighted by Crippen LogP contribution is -2.40. The fourth-order valence-corrected chi connectivity index (χ4v) is 3.91. The van der Waals surface area contributed by atoms with Gasteiger partial charge in [0, 0.05) is 24.8 Å². The highest BCUT2D eigenvalue weighted by atomic mass is 32.2. The molecule has 0 atom stereocenters. The predicted molar refractivity (Wildman–Crippen MR) is 84.7 cm³/mol. The van der Waals surface area contributed by atoms with Gasteiger partial charge >= 0.3 is 0 Å². The summed E-state index contributed by atoms with van der Waals surface area (Å²) in [6.45, 7) is 3.59. The molecular formula is C15H24N2O3S. The highest BCUT2D eigenvalue weighted by Crippen LogP contribution is 2.22. The number of sulfonamides is 1. The van der Waals surface area contributed by atoms with E-state index < -0.39 is 10.0 Å². The zero-order chi connectivity index (χ0) is 15.3. The van der Waals surface area contributed by atoms with Gasteiger partial charge in [0.1, 0.15) is 12.4 Å². The Kier molecular flexibility index (Phi) is 5.47. The lowest BCUT2D eigenvalue weighted by molar-refractivity contribution is 0.265. The van der Waals surface area contributed by atoms with Gasteiger partial charge in [-0.05, 0) is 30.9 Å². The molecule has 0 aliphatic carbocycles.